The molecule has 0 aromatic carbocycles. The summed E-state index contributed by atoms with van der Waals surface area (Å²) in [5.41, 5.74) is -0.591. The molecule has 1 N–H and O–H groups in total. The summed E-state index contributed by atoms with van der Waals surface area (Å²) in [5, 5.41) is 3.26. The number of rotatable bonds is 4. The molecule has 1 aliphatic heterocycles. The number of nitrogens with zero attached hydrogens (tertiary/aromatic N) is 2. The normalized spacial score (nSPS) is 36.9. The fraction of sp³-hybridized carbons (Fsp3) is 0.909. The molecule has 5 aliphatic rings. The average molecular weight is 470 g/mol. The van der Waals surface area contributed by atoms with Crippen LogP contribution in [-0.4, -0.2) is 71.0 Å². The van der Waals surface area contributed by atoms with Crippen LogP contribution in [0, 0.1) is 17.3 Å². The van der Waals surface area contributed by atoms with Crippen molar-refractivity contribution in [3.8, 4) is 0 Å². The summed E-state index contributed by atoms with van der Waals surface area (Å²) in [6, 6.07) is 0. The number of carbonyl (C=O) groups is 2. The van der Waals surface area contributed by atoms with Gasteiger partial charge >= 0.3 is 6.09 Å². The molecule has 29 heavy (non-hydrogen) atoms. The van der Waals surface area contributed by atoms with Crippen molar-refractivity contribution in [2.75, 3.05) is 39.3 Å². The molecule has 4 aliphatic carbocycles. The molecular formula is C22H36BrN3O3. The standard InChI is InChI=1S/C22H36BrN3O3/c1-20(2,3)29-19(28)26-8-6-25(7-9-26)5-4-24-18(27)21-11-16-10-17(12-21)14-22(23,13-16)15-21/h16-17H,4-15H2,1-3H3,(H,24,27). The summed E-state index contributed by atoms with van der Waals surface area (Å²) in [6.45, 7) is 10.2. The highest BCUT2D eigenvalue weighted by molar-refractivity contribution is 9.10. The van der Waals surface area contributed by atoms with Crippen LogP contribution in [0.4, 0.5) is 4.79 Å². The zero-order valence-electron chi connectivity index (χ0n) is 18.1. The van der Waals surface area contributed by atoms with Gasteiger partial charge < -0.3 is 15.0 Å². The number of piperazine rings is 1. The van der Waals surface area contributed by atoms with Crippen molar-refractivity contribution in [2.24, 2.45) is 17.3 Å². The predicted molar refractivity (Wildman–Crippen MR) is 116 cm³/mol. The maximum absolute atomic E-state index is 13.1. The first kappa shape index (κ1) is 21.4. The average Bonchev–Trinajstić information content (AvgIpc) is 2.58. The summed E-state index contributed by atoms with van der Waals surface area (Å²) >= 11 is 4.00. The Morgan fingerprint density at radius 2 is 1.69 bits per heavy atom. The van der Waals surface area contributed by atoms with Gasteiger partial charge in [-0.3, -0.25) is 9.69 Å². The summed E-state index contributed by atoms with van der Waals surface area (Å²) < 4.78 is 5.67. The SMILES string of the molecule is CC(C)(C)OC(=O)N1CCN(CCNC(=O)C23CC4CC(CC(Br)(C4)C2)C3)CC1. The molecule has 5 fully saturated rings. The molecule has 0 aromatic rings. The minimum Gasteiger partial charge on any atom is -0.444 e. The lowest BCUT2D eigenvalue weighted by Gasteiger charge is -2.59. The van der Waals surface area contributed by atoms with E-state index >= 15 is 0 Å². The van der Waals surface area contributed by atoms with Crippen molar-refractivity contribution in [1.82, 2.24) is 15.1 Å². The maximum atomic E-state index is 13.1. The number of nitrogens with one attached hydrogen (secondary N) is 1. The Kier molecular flexibility index (Phi) is 5.69. The van der Waals surface area contributed by atoms with Gasteiger partial charge in [0.25, 0.3) is 0 Å². The summed E-state index contributed by atoms with van der Waals surface area (Å²) in [6.07, 6.45) is 6.77. The van der Waals surface area contributed by atoms with E-state index < -0.39 is 5.60 Å². The lowest BCUT2D eigenvalue weighted by molar-refractivity contribution is -0.144. The van der Waals surface area contributed by atoms with E-state index in [-0.39, 0.29) is 21.7 Å². The van der Waals surface area contributed by atoms with Crippen LogP contribution in [0.2, 0.25) is 0 Å². The van der Waals surface area contributed by atoms with Gasteiger partial charge in [0.05, 0.1) is 5.41 Å². The first-order valence-electron chi connectivity index (χ1n) is 11.2. The Labute approximate surface area is 183 Å². The molecule has 0 spiro atoms. The van der Waals surface area contributed by atoms with Gasteiger partial charge in [-0.05, 0) is 71.1 Å². The molecule has 0 radical (unpaired) electrons. The Morgan fingerprint density at radius 1 is 1.07 bits per heavy atom. The quantitative estimate of drug-likeness (QED) is 0.640. The topological polar surface area (TPSA) is 61.9 Å². The van der Waals surface area contributed by atoms with Crippen LogP contribution in [0.3, 0.4) is 0 Å². The molecular weight excluding hydrogens is 434 g/mol. The zero-order chi connectivity index (χ0) is 20.9. The van der Waals surface area contributed by atoms with E-state index in [4.69, 9.17) is 4.74 Å². The van der Waals surface area contributed by atoms with Gasteiger partial charge in [-0.1, -0.05) is 15.9 Å². The number of hydrogen-bond acceptors (Lipinski definition) is 4. The van der Waals surface area contributed by atoms with Gasteiger partial charge in [-0.2, -0.15) is 0 Å². The monoisotopic (exact) mass is 469 g/mol. The first-order valence-corrected chi connectivity index (χ1v) is 12.0. The first-order chi connectivity index (χ1) is 13.6. The van der Waals surface area contributed by atoms with Crippen molar-refractivity contribution in [2.45, 2.75) is 69.2 Å². The van der Waals surface area contributed by atoms with Crippen molar-refractivity contribution in [3.63, 3.8) is 0 Å². The molecule has 164 valence electrons. The Morgan fingerprint density at radius 3 is 2.24 bits per heavy atom. The third-order valence-corrected chi connectivity index (χ3v) is 8.14. The van der Waals surface area contributed by atoms with E-state index in [1.54, 1.807) is 4.90 Å². The number of hydrogen-bond donors (Lipinski definition) is 1. The molecule has 2 amide bonds. The van der Waals surface area contributed by atoms with E-state index in [9.17, 15) is 9.59 Å². The molecule has 4 saturated carbocycles. The number of alkyl halides is 1. The summed E-state index contributed by atoms with van der Waals surface area (Å²) in [7, 11) is 0. The van der Waals surface area contributed by atoms with Gasteiger partial charge in [0.1, 0.15) is 5.60 Å². The van der Waals surface area contributed by atoms with E-state index in [0.717, 1.165) is 50.7 Å². The van der Waals surface area contributed by atoms with Gasteiger partial charge in [0, 0.05) is 43.6 Å². The van der Waals surface area contributed by atoms with Crippen molar-refractivity contribution in [1.29, 1.82) is 0 Å². The minimum absolute atomic E-state index is 0.136. The molecule has 4 bridgehead atoms. The second kappa shape index (κ2) is 7.70. The van der Waals surface area contributed by atoms with Crippen molar-refractivity contribution in [3.05, 3.63) is 0 Å². The van der Waals surface area contributed by atoms with Crippen LogP contribution >= 0.6 is 15.9 Å². The molecule has 0 aromatic heterocycles. The maximum Gasteiger partial charge on any atom is 0.410 e. The van der Waals surface area contributed by atoms with Crippen molar-refractivity contribution < 1.29 is 14.3 Å². The lowest BCUT2D eigenvalue weighted by Crippen LogP contribution is -2.59. The number of ether oxygens (including phenoxy) is 1. The number of amides is 2. The van der Waals surface area contributed by atoms with Gasteiger partial charge in [0.2, 0.25) is 5.91 Å². The fourth-order valence-electron chi connectivity index (χ4n) is 6.41. The molecule has 6 nitrogen and oxygen atoms in total. The van der Waals surface area contributed by atoms with Crippen LogP contribution in [0.25, 0.3) is 0 Å². The second-order valence-corrected chi connectivity index (χ2v) is 12.6. The van der Waals surface area contributed by atoms with Crippen molar-refractivity contribution >= 4 is 27.9 Å². The molecule has 1 saturated heterocycles. The van der Waals surface area contributed by atoms with E-state index in [1.807, 2.05) is 20.8 Å². The summed E-state index contributed by atoms with van der Waals surface area (Å²) in [4.78, 5) is 29.4. The fourth-order valence-corrected chi connectivity index (χ4v) is 7.86. The highest BCUT2D eigenvalue weighted by Gasteiger charge is 2.59. The molecule has 7 heteroatoms. The Bertz CT molecular complexity index is 640. The predicted octanol–water partition coefficient (Wildman–Crippen LogP) is 3.39. The second-order valence-electron chi connectivity index (χ2n) is 11.0. The zero-order valence-corrected chi connectivity index (χ0v) is 19.7. The van der Waals surface area contributed by atoms with E-state index in [2.05, 4.69) is 26.1 Å². The third-order valence-electron chi connectivity index (χ3n) is 7.21. The summed E-state index contributed by atoms with van der Waals surface area (Å²) in [5.74, 6) is 1.73. The number of halogens is 1. The van der Waals surface area contributed by atoms with Crippen LogP contribution in [-0.2, 0) is 9.53 Å². The molecule has 5 rings (SSSR count). The molecule has 2 unspecified atom stereocenters. The molecule has 1 heterocycles. The van der Waals surface area contributed by atoms with Crippen LogP contribution in [0.5, 0.6) is 0 Å². The Hall–Kier alpha value is -0.820. The van der Waals surface area contributed by atoms with E-state index in [1.165, 1.54) is 19.3 Å². The highest BCUT2D eigenvalue weighted by atomic mass is 79.9. The van der Waals surface area contributed by atoms with Gasteiger partial charge in [0.15, 0.2) is 0 Å². The third kappa shape index (κ3) is 4.76. The lowest BCUT2D eigenvalue weighted by atomic mass is 9.49. The van der Waals surface area contributed by atoms with Gasteiger partial charge in [-0.15, -0.1) is 0 Å². The Balaban J connectivity index is 1.21. The molecule has 2 atom stereocenters. The minimum atomic E-state index is -0.455. The van der Waals surface area contributed by atoms with Gasteiger partial charge in [-0.25, -0.2) is 4.79 Å². The number of carbonyl (C=O) groups excluding carboxylic acids is 2. The highest BCUT2D eigenvalue weighted by Crippen LogP contribution is 2.64. The van der Waals surface area contributed by atoms with Crippen LogP contribution < -0.4 is 5.32 Å². The van der Waals surface area contributed by atoms with Crippen LogP contribution in [0.1, 0.15) is 59.3 Å². The largest absolute Gasteiger partial charge is 0.444 e. The smallest absolute Gasteiger partial charge is 0.410 e. The van der Waals surface area contributed by atoms with Crippen LogP contribution in [0.15, 0.2) is 0 Å². The van der Waals surface area contributed by atoms with E-state index in [0.29, 0.717) is 19.6 Å².